The number of nitrogens with two attached hydrogens (primary N) is 1. The molecular weight excluding hydrogens is 402 g/mol. The van der Waals surface area contributed by atoms with Crippen molar-refractivity contribution in [1.82, 2.24) is 5.32 Å². The fraction of sp³-hybridized carbons (Fsp3) is 0.182. The molecule has 0 saturated heterocycles. The van der Waals surface area contributed by atoms with E-state index in [2.05, 4.69) is 10.6 Å². The van der Waals surface area contributed by atoms with E-state index < -0.39 is 23.5 Å². The van der Waals surface area contributed by atoms with Crippen molar-refractivity contribution >= 4 is 34.4 Å². The number of rotatable bonds is 7. The lowest BCUT2D eigenvalue weighted by Gasteiger charge is -2.18. The first-order valence-electron chi connectivity index (χ1n) is 9.36. The Kier molecular flexibility index (Phi) is 6.35. The Morgan fingerprint density at radius 3 is 2.55 bits per heavy atom. The van der Waals surface area contributed by atoms with Crippen molar-refractivity contribution in [3.63, 3.8) is 0 Å². The molecule has 0 unspecified atom stereocenters. The number of benzene rings is 2. The number of hydrogen-bond acceptors (Lipinski definition) is 6. The highest BCUT2D eigenvalue weighted by atomic mass is 16.5. The smallest absolute Gasteiger partial charge is 0.336 e. The number of carbonyl (C=O) groups excluding carboxylic acids is 3. The van der Waals surface area contributed by atoms with Gasteiger partial charge >= 0.3 is 5.63 Å². The molecule has 1 heterocycles. The van der Waals surface area contributed by atoms with Crippen LogP contribution in [0.3, 0.4) is 0 Å². The van der Waals surface area contributed by atoms with E-state index in [4.69, 9.17) is 14.9 Å². The maximum absolute atomic E-state index is 12.8. The zero-order chi connectivity index (χ0) is 22.5. The van der Waals surface area contributed by atoms with Crippen LogP contribution in [-0.4, -0.2) is 30.9 Å². The lowest BCUT2D eigenvalue weighted by molar-refractivity contribution is -0.119. The molecule has 0 radical (unpaired) electrons. The molecule has 160 valence electrons. The van der Waals surface area contributed by atoms with Gasteiger partial charge in [-0.3, -0.25) is 14.4 Å². The quantitative estimate of drug-likeness (QED) is 0.493. The molecule has 3 amide bonds. The summed E-state index contributed by atoms with van der Waals surface area (Å²) in [6, 6.07) is 11.5. The van der Waals surface area contributed by atoms with Gasteiger partial charge in [0, 0.05) is 30.9 Å². The monoisotopic (exact) mass is 423 g/mol. The van der Waals surface area contributed by atoms with Crippen LogP contribution in [0, 0.1) is 0 Å². The Labute approximate surface area is 177 Å². The second-order valence-corrected chi connectivity index (χ2v) is 6.81. The molecule has 3 rings (SSSR count). The van der Waals surface area contributed by atoms with Crippen LogP contribution < -0.4 is 26.7 Å². The molecule has 2 aromatic carbocycles. The van der Waals surface area contributed by atoms with Gasteiger partial charge in [0.25, 0.3) is 5.91 Å². The summed E-state index contributed by atoms with van der Waals surface area (Å²) in [6.45, 7) is 1.32. The summed E-state index contributed by atoms with van der Waals surface area (Å²) in [6.07, 6.45) is -0.0300. The topological polar surface area (TPSA) is 141 Å². The average molecular weight is 423 g/mol. The number of carbonyl (C=O) groups is 3. The van der Waals surface area contributed by atoms with E-state index in [1.165, 1.54) is 26.2 Å². The number of nitrogens with one attached hydrogen (secondary N) is 2. The third-order valence-electron chi connectivity index (χ3n) is 4.59. The van der Waals surface area contributed by atoms with Gasteiger partial charge in [-0.25, -0.2) is 4.79 Å². The summed E-state index contributed by atoms with van der Waals surface area (Å²) in [5.74, 6) is -1.21. The largest absolute Gasteiger partial charge is 0.497 e. The number of hydrogen-bond donors (Lipinski definition) is 3. The van der Waals surface area contributed by atoms with Crippen molar-refractivity contribution in [3.05, 3.63) is 70.1 Å². The van der Waals surface area contributed by atoms with Crippen LogP contribution in [0.1, 0.15) is 22.8 Å². The van der Waals surface area contributed by atoms with Gasteiger partial charge < -0.3 is 25.5 Å². The minimum absolute atomic E-state index is 0.0300. The predicted octanol–water partition coefficient (Wildman–Crippen LogP) is 1.59. The van der Waals surface area contributed by atoms with Crippen LogP contribution in [0.15, 0.2) is 57.7 Å². The summed E-state index contributed by atoms with van der Waals surface area (Å²) in [7, 11) is 1.49. The lowest BCUT2D eigenvalue weighted by atomic mass is 10.0. The second-order valence-electron chi connectivity index (χ2n) is 6.81. The molecule has 1 atom stereocenters. The van der Waals surface area contributed by atoms with Crippen LogP contribution in [0.25, 0.3) is 11.0 Å². The van der Waals surface area contributed by atoms with E-state index in [9.17, 15) is 19.2 Å². The normalized spacial score (nSPS) is 11.5. The van der Waals surface area contributed by atoms with Gasteiger partial charge in [-0.2, -0.15) is 0 Å². The van der Waals surface area contributed by atoms with Crippen LogP contribution in [0.2, 0.25) is 0 Å². The molecule has 0 fully saturated rings. The SMILES string of the molecule is COc1ccc2c(C[C@@H](NC(=O)c3ccccc3NC(C)=O)C(N)=O)cc(=O)oc2c1. The van der Waals surface area contributed by atoms with E-state index in [1.807, 2.05) is 0 Å². The molecule has 9 heteroatoms. The van der Waals surface area contributed by atoms with Crippen LogP contribution in [0.4, 0.5) is 5.69 Å². The highest BCUT2D eigenvalue weighted by molar-refractivity contribution is 6.04. The molecule has 4 N–H and O–H groups in total. The van der Waals surface area contributed by atoms with E-state index in [0.717, 1.165) is 0 Å². The molecular formula is C22H21N3O6. The minimum atomic E-state index is -1.11. The van der Waals surface area contributed by atoms with Crippen molar-refractivity contribution in [2.45, 2.75) is 19.4 Å². The van der Waals surface area contributed by atoms with Gasteiger partial charge in [0.15, 0.2) is 0 Å². The van der Waals surface area contributed by atoms with E-state index in [-0.39, 0.29) is 23.5 Å². The van der Waals surface area contributed by atoms with Crippen molar-refractivity contribution in [2.24, 2.45) is 5.73 Å². The molecule has 0 aliphatic rings. The number of amides is 3. The highest BCUT2D eigenvalue weighted by Gasteiger charge is 2.23. The minimum Gasteiger partial charge on any atom is -0.497 e. The van der Waals surface area contributed by atoms with Crippen LogP contribution in [-0.2, 0) is 16.0 Å². The third kappa shape index (κ3) is 5.08. The molecule has 0 spiro atoms. The Hall–Kier alpha value is -4.14. The first kappa shape index (κ1) is 21.6. The Morgan fingerprint density at radius 1 is 1.13 bits per heavy atom. The van der Waals surface area contributed by atoms with Gasteiger partial charge in [-0.1, -0.05) is 12.1 Å². The number of primary amides is 1. The number of fused-ring (bicyclic) bond motifs is 1. The summed E-state index contributed by atoms with van der Waals surface area (Å²) in [4.78, 5) is 48.3. The van der Waals surface area contributed by atoms with Gasteiger partial charge in [-0.15, -0.1) is 0 Å². The standard InChI is InChI=1S/C22H21N3O6/c1-12(26)24-17-6-4-3-5-16(17)22(29)25-18(21(23)28)9-13-10-20(27)31-19-11-14(30-2)7-8-15(13)19/h3-8,10-11,18H,9H2,1-2H3,(H2,23,28)(H,24,26)(H,25,29)/t18-/m1/s1. The summed E-state index contributed by atoms with van der Waals surface area (Å²) in [5.41, 5.74) is 6.14. The summed E-state index contributed by atoms with van der Waals surface area (Å²) in [5, 5.41) is 5.73. The Morgan fingerprint density at radius 2 is 1.87 bits per heavy atom. The molecule has 9 nitrogen and oxygen atoms in total. The molecule has 1 aromatic heterocycles. The summed E-state index contributed by atoms with van der Waals surface area (Å²) >= 11 is 0. The van der Waals surface area contributed by atoms with Gasteiger partial charge in [-0.05, 0) is 29.8 Å². The van der Waals surface area contributed by atoms with Gasteiger partial charge in [0.05, 0.1) is 18.4 Å². The molecule has 0 aliphatic heterocycles. The van der Waals surface area contributed by atoms with Crippen molar-refractivity contribution in [1.29, 1.82) is 0 Å². The zero-order valence-corrected chi connectivity index (χ0v) is 16.9. The maximum Gasteiger partial charge on any atom is 0.336 e. The number of anilines is 1. The molecule has 0 saturated carbocycles. The van der Waals surface area contributed by atoms with E-state index in [1.54, 1.807) is 36.4 Å². The van der Waals surface area contributed by atoms with Crippen LogP contribution >= 0.6 is 0 Å². The maximum atomic E-state index is 12.8. The van der Waals surface area contributed by atoms with E-state index in [0.29, 0.717) is 22.4 Å². The Bertz CT molecular complexity index is 1220. The second kappa shape index (κ2) is 9.12. The third-order valence-corrected chi connectivity index (χ3v) is 4.59. The lowest BCUT2D eigenvalue weighted by Crippen LogP contribution is -2.46. The molecule has 31 heavy (non-hydrogen) atoms. The highest BCUT2D eigenvalue weighted by Crippen LogP contribution is 2.23. The molecule has 0 bridgehead atoms. The number of methoxy groups -OCH3 is 1. The van der Waals surface area contributed by atoms with Crippen LogP contribution in [0.5, 0.6) is 5.75 Å². The predicted molar refractivity (Wildman–Crippen MR) is 114 cm³/mol. The average Bonchev–Trinajstić information content (AvgIpc) is 2.72. The summed E-state index contributed by atoms with van der Waals surface area (Å²) < 4.78 is 10.3. The molecule has 0 aliphatic carbocycles. The van der Waals surface area contributed by atoms with Gasteiger partial charge in [0.1, 0.15) is 17.4 Å². The van der Waals surface area contributed by atoms with Crippen molar-refractivity contribution in [2.75, 3.05) is 12.4 Å². The zero-order valence-electron chi connectivity index (χ0n) is 16.9. The first-order chi connectivity index (χ1) is 14.8. The number of ether oxygens (including phenoxy) is 1. The van der Waals surface area contributed by atoms with E-state index >= 15 is 0 Å². The van der Waals surface area contributed by atoms with Gasteiger partial charge in [0.2, 0.25) is 11.8 Å². The number of para-hydroxylation sites is 1. The molecule has 3 aromatic rings. The first-order valence-corrected chi connectivity index (χ1v) is 9.36. The van der Waals surface area contributed by atoms with Crippen molar-refractivity contribution in [3.8, 4) is 5.75 Å². The fourth-order valence-electron chi connectivity index (χ4n) is 3.16. The Balaban J connectivity index is 1.91. The fourth-order valence-corrected chi connectivity index (χ4v) is 3.16. The van der Waals surface area contributed by atoms with Crippen molar-refractivity contribution < 1.29 is 23.5 Å².